The van der Waals surface area contributed by atoms with E-state index in [0.717, 1.165) is 55.3 Å². The van der Waals surface area contributed by atoms with Crippen molar-refractivity contribution in [2.75, 3.05) is 31.6 Å². The fraction of sp³-hybridized carbons (Fsp3) is 0.500. The van der Waals surface area contributed by atoms with Crippen molar-refractivity contribution in [3.05, 3.63) is 24.0 Å². The monoisotopic (exact) mass is 260 g/mol. The van der Waals surface area contributed by atoms with E-state index in [9.17, 15) is 0 Å². The number of aromatic nitrogens is 2. The van der Waals surface area contributed by atoms with Crippen LogP contribution in [0.1, 0.15) is 12.2 Å². The highest BCUT2D eigenvalue weighted by atomic mass is 16.5. The number of rotatable bonds is 4. The summed E-state index contributed by atoms with van der Waals surface area (Å²) in [6.45, 7) is 5.53. The van der Waals surface area contributed by atoms with Crippen LogP contribution in [0.2, 0.25) is 0 Å². The average molecular weight is 260 g/mol. The molecule has 1 aliphatic rings. The van der Waals surface area contributed by atoms with E-state index in [1.165, 1.54) is 0 Å². The van der Waals surface area contributed by atoms with Gasteiger partial charge in [-0.15, -0.1) is 0 Å². The summed E-state index contributed by atoms with van der Waals surface area (Å²) in [5.41, 5.74) is 3.24. The highest BCUT2D eigenvalue weighted by Gasteiger charge is 2.11. The van der Waals surface area contributed by atoms with E-state index in [0.29, 0.717) is 6.04 Å². The Balaban J connectivity index is 1.55. The van der Waals surface area contributed by atoms with Gasteiger partial charge in [0, 0.05) is 24.8 Å². The predicted molar refractivity (Wildman–Crippen MR) is 76.5 cm³/mol. The number of nitrogens with one attached hydrogen (secondary N) is 3. The molecule has 0 saturated carbocycles. The zero-order chi connectivity index (χ0) is 13.1. The number of hydrogen-bond donors (Lipinski definition) is 3. The van der Waals surface area contributed by atoms with E-state index >= 15 is 0 Å². The number of fused-ring (bicyclic) bond motifs is 1. The molecule has 5 nitrogen and oxygen atoms in total. The van der Waals surface area contributed by atoms with Crippen LogP contribution in [0.4, 0.5) is 5.69 Å². The van der Waals surface area contributed by atoms with Crippen molar-refractivity contribution < 1.29 is 4.74 Å². The third-order valence-electron chi connectivity index (χ3n) is 3.42. The largest absolute Gasteiger partial charge is 0.385 e. The summed E-state index contributed by atoms with van der Waals surface area (Å²) in [5.74, 6) is 0.954. The second kappa shape index (κ2) is 5.59. The number of nitrogens with zero attached hydrogens (tertiary/aromatic N) is 1. The van der Waals surface area contributed by atoms with Crippen molar-refractivity contribution in [2.45, 2.75) is 19.4 Å². The van der Waals surface area contributed by atoms with Crippen molar-refractivity contribution in [2.24, 2.45) is 0 Å². The number of aryl methyl sites for hydroxylation is 1. The maximum absolute atomic E-state index is 5.44. The van der Waals surface area contributed by atoms with Crippen molar-refractivity contribution in [1.82, 2.24) is 15.3 Å². The average Bonchev–Trinajstić information content (AvgIpc) is 2.79. The van der Waals surface area contributed by atoms with Gasteiger partial charge in [-0.2, -0.15) is 0 Å². The molecule has 1 fully saturated rings. The van der Waals surface area contributed by atoms with Gasteiger partial charge < -0.3 is 20.4 Å². The Morgan fingerprint density at radius 2 is 2.42 bits per heavy atom. The summed E-state index contributed by atoms with van der Waals surface area (Å²) in [7, 11) is 0. The molecular formula is C14H20N4O. The van der Waals surface area contributed by atoms with Crippen molar-refractivity contribution in [3.8, 4) is 0 Å². The van der Waals surface area contributed by atoms with Gasteiger partial charge in [-0.25, -0.2) is 4.98 Å². The van der Waals surface area contributed by atoms with E-state index in [2.05, 4.69) is 32.7 Å². The van der Waals surface area contributed by atoms with E-state index in [1.54, 1.807) is 0 Å². The molecule has 0 spiro atoms. The Hall–Kier alpha value is -1.59. The second-order valence-corrected chi connectivity index (χ2v) is 5.00. The lowest BCUT2D eigenvalue weighted by atomic mass is 10.2. The highest BCUT2D eigenvalue weighted by molar-refractivity contribution is 5.79. The molecule has 2 heterocycles. The van der Waals surface area contributed by atoms with Gasteiger partial charge in [-0.3, -0.25) is 0 Å². The number of benzene rings is 1. The number of H-pyrrole nitrogens is 1. The van der Waals surface area contributed by atoms with Gasteiger partial charge in [0.15, 0.2) is 0 Å². The first-order valence-corrected chi connectivity index (χ1v) is 6.82. The molecule has 0 bridgehead atoms. The standard InChI is InChI=1S/C14H20N4O/c1-10-17-13-3-2-11(8-14(13)18-10)15-5-4-12-9-19-7-6-16-12/h2-3,8,12,15-16H,4-7,9H2,1H3,(H,17,18). The number of hydrogen-bond acceptors (Lipinski definition) is 4. The van der Waals surface area contributed by atoms with Crippen LogP contribution in [-0.4, -0.2) is 42.3 Å². The third-order valence-corrected chi connectivity index (χ3v) is 3.42. The molecule has 19 heavy (non-hydrogen) atoms. The second-order valence-electron chi connectivity index (χ2n) is 5.00. The molecule has 0 radical (unpaired) electrons. The van der Waals surface area contributed by atoms with Crippen LogP contribution in [-0.2, 0) is 4.74 Å². The minimum Gasteiger partial charge on any atom is -0.385 e. The fourth-order valence-electron chi connectivity index (χ4n) is 2.44. The molecule has 3 rings (SSSR count). The first-order chi connectivity index (χ1) is 9.31. The van der Waals surface area contributed by atoms with Gasteiger partial charge in [0.2, 0.25) is 0 Å². The van der Waals surface area contributed by atoms with Gasteiger partial charge in [-0.05, 0) is 31.5 Å². The summed E-state index contributed by atoms with van der Waals surface area (Å²) in [4.78, 5) is 7.65. The molecular weight excluding hydrogens is 240 g/mol. The minimum atomic E-state index is 0.472. The highest BCUT2D eigenvalue weighted by Crippen LogP contribution is 2.17. The van der Waals surface area contributed by atoms with Crippen LogP contribution in [0.3, 0.4) is 0 Å². The molecule has 0 amide bonds. The van der Waals surface area contributed by atoms with Crippen LogP contribution < -0.4 is 10.6 Å². The van der Waals surface area contributed by atoms with E-state index in [4.69, 9.17) is 4.74 Å². The topological polar surface area (TPSA) is 62.0 Å². The van der Waals surface area contributed by atoms with Crippen LogP contribution in [0, 0.1) is 6.92 Å². The smallest absolute Gasteiger partial charge is 0.104 e. The van der Waals surface area contributed by atoms with Crippen LogP contribution in [0.15, 0.2) is 18.2 Å². The Labute approximate surface area is 112 Å². The van der Waals surface area contributed by atoms with Crippen LogP contribution in [0.25, 0.3) is 11.0 Å². The van der Waals surface area contributed by atoms with Crippen molar-refractivity contribution in [1.29, 1.82) is 0 Å². The summed E-state index contributed by atoms with van der Waals surface area (Å²) < 4.78 is 5.44. The lowest BCUT2D eigenvalue weighted by Gasteiger charge is -2.23. The van der Waals surface area contributed by atoms with Gasteiger partial charge in [0.25, 0.3) is 0 Å². The molecule has 1 aliphatic heterocycles. The van der Waals surface area contributed by atoms with Gasteiger partial charge in [0.1, 0.15) is 5.82 Å². The Bertz CT molecular complexity index is 545. The number of morpholine rings is 1. The number of anilines is 1. The van der Waals surface area contributed by atoms with Crippen molar-refractivity contribution in [3.63, 3.8) is 0 Å². The summed E-state index contributed by atoms with van der Waals surface area (Å²) in [6.07, 6.45) is 1.07. The quantitative estimate of drug-likeness (QED) is 0.782. The van der Waals surface area contributed by atoms with Gasteiger partial charge in [-0.1, -0.05) is 0 Å². The molecule has 1 saturated heterocycles. The molecule has 1 unspecified atom stereocenters. The molecule has 1 atom stereocenters. The number of aromatic amines is 1. The zero-order valence-corrected chi connectivity index (χ0v) is 11.2. The zero-order valence-electron chi connectivity index (χ0n) is 11.2. The third kappa shape index (κ3) is 3.05. The molecule has 5 heteroatoms. The summed E-state index contributed by atoms with van der Waals surface area (Å²) >= 11 is 0. The fourth-order valence-corrected chi connectivity index (χ4v) is 2.44. The number of ether oxygens (including phenoxy) is 1. The van der Waals surface area contributed by atoms with Gasteiger partial charge >= 0.3 is 0 Å². The molecule has 0 aliphatic carbocycles. The maximum Gasteiger partial charge on any atom is 0.104 e. The molecule has 3 N–H and O–H groups in total. The molecule has 2 aromatic rings. The Kier molecular flexibility index (Phi) is 3.66. The van der Waals surface area contributed by atoms with Gasteiger partial charge in [0.05, 0.1) is 24.2 Å². The van der Waals surface area contributed by atoms with Crippen molar-refractivity contribution >= 4 is 16.7 Å². The SMILES string of the molecule is Cc1nc2ccc(NCCC3COCCN3)cc2[nH]1. The first-order valence-electron chi connectivity index (χ1n) is 6.82. The van der Waals surface area contributed by atoms with Crippen LogP contribution >= 0.6 is 0 Å². The van der Waals surface area contributed by atoms with E-state index in [-0.39, 0.29) is 0 Å². The Morgan fingerprint density at radius 3 is 3.26 bits per heavy atom. The Morgan fingerprint density at radius 1 is 1.47 bits per heavy atom. The first kappa shape index (κ1) is 12.4. The molecule has 102 valence electrons. The minimum absolute atomic E-state index is 0.472. The summed E-state index contributed by atoms with van der Waals surface area (Å²) in [6, 6.07) is 6.70. The lowest BCUT2D eigenvalue weighted by molar-refractivity contribution is 0.0753. The summed E-state index contributed by atoms with van der Waals surface area (Å²) in [5, 5.41) is 6.91. The molecule has 1 aromatic heterocycles. The normalized spacial score (nSPS) is 19.7. The maximum atomic E-state index is 5.44. The predicted octanol–water partition coefficient (Wildman–Crippen LogP) is 1.66. The van der Waals surface area contributed by atoms with Crippen LogP contribution in [0.5, 0.6) is 0 Å². The lowest BCUT2D eigenvalue weighted by Crippen LogP contribution is -2.42. The van der Waals surface area contributed by atoms with E-state index < -0.39 is 0 Å². The number of imidazole rings is 1. The molecule has 1 aromatic carbocycles. The van der Waals surface area contributed by atoms with E-state index in [1.807, 2.05) is 13.0 Å².